The second-order valence-electron chi connectivity index (χ2n) is 4.86. The Hall–Kier alpha value is -1.88. The first-order valence-electron chi connectivity index (χ1n) is 7.57. The van der Waals surface area contributed by atoms with Crippen LogP contribution in [0.4, 0.5) is 0 Å². The van der Waals surface area contributed by atoms with Crippen molar-refractivity contribution in [1.29, 1.82) is 0 Å². The number of aromatic nitrogens is 2. The maximum atomic E-state index is 5.71. The molecular formula is C16H23N3O2. The fraction of sp³-hybridized carbons (Fsp3) is 0.500. The molecule has 2 rings (SSSR count). The number of para-hydroxylation sites is 1. The second-order valence-corrected chi connectivity index (χ2v) is 4.86. The Kier molecular flexibility index (Phi) is 6.22. The second kappa shape index (κ2) is 8.42. The van der Waals surface area contributed by atoms with E-state index in [9.17, 15) is 0 Å². The van der Waals surface area contributed by atoms with E-state index in [0.717, 1.165) is 25.1 Å². The lowest BCUT2D eigenvalue weighted by Gasteiger charge is -2.11. The van der Waals surface area contributed by atoms with Gasteiger partial charge in [-0.1, -0.05) is 32.0 Å². The molecule has 0 aliphatic heterocycles. The van der Waals surface area contributed by atoms with Crippen LogP contribution >= 0.6 is 0 Å². The van der Waals surface area contributed by atoms with E-state index in [0.29, 0.717) is 24.8 Å². The van der Waals surface area contributed by atoms with Gasteiger partial charge in [0.15, 0.2) is 0 Å². The third-order valence-electron chi connectivity index (χ3n) is 3.16. The van der Waals surface area contributed by atoms with Gasteiger partial charge in [0.25, 0.3) is 0 Å². The molecule has 114 valence electrons. The molecule has 1 N–H and O–H groups in total. The molecule has 0 bridgehead atoms. The first kappa shape index (κ1) is 15.5. The van der Waals surface area contributed by atoms with Gasteiger partial charge in [0.2, 0.25) is 11.8 Å². The van der Waals surface area contributed by atoms with Gasteiger partial charge in [0.05, 0.1) is 19.1 Å². The van der Waals surface area contributed by atoms with Gasteiger partial charge in [-0.25, -0.2) is 0 Å². The highest BCUT2D eigenvalue weighted by Crippen LogP contribution is 2.15. The summed E-state index contributed by atoms with van der Waals surface area (Å²) in [7, 11) is 0. The van der Waals surface area contributed by atoms with Gasteiger partial charge < -0.3 is 14.5 Å². The standard InChI is InChI=1S/C16H23N3O2/c1-3-11-17-14(4-2)16-19-18-15(21-16)10-12-20-13-8-6-5-7-9-13/h5-9,14,17H,3-4,10-12H2,1-2H3. The third-order valence-corrected chi connectivity index (χ3v) is 3.16. The Balaban J connectivity index is 1.82. The zero-order chi connectivity index (χ0) is 14.9. The molecular weight excluding hydrogens is 266 g/mol. The van der Waals surface area contributed by atoms with Gasteiger partial charge in [-0.15, -0.1) is 10.2 Å². The van der Waals surface area contributed by atoms with Gasteiger partial charge in [0, 0.05) is 0 Å². The molecule has 1 aromatic heterocycles. The third kappa shape index (κ3) is 4.86. The average Bonchev–Trinajstić information content (AvgIpc) is 2.98. The van der Waals surface area contributed by atoms with E-state index in [1.54, 1.807) is 0 Å². The molecule has 2 aromatic rings. The van der Waals surface area contributed by atoms with Gasteiger partial charge in [0.1, 0.15) is 5.75 Å². The summed E-state index contributed by atoms with van der Waals surface area (Å²) in [5.74, 6) is 2.15. The molecule has 5 nitrogen and oxygen atoms in total. The fourth-order valence-corrected chi connectivity index (χ4v) is 2.01. The number of benzene rings is 1. The molecule has 0 aliphatic rings. The summed E-state index contributed by atoms with van der Waals surface area (Å²) >= 11 is 0. The zero-order valence-electron chi connectivity index (χ0n) is 12.7. The molecule has 0 spiro atoms. The molecule has 21 heavy (non-hydrogen) atoms. The molecule has 1 aromatic carbocycles. The lowest BCUT2D eigenvalue weighted by atomic mass is 10.2. The Bertz CT molecular complexity index is 513. The summed E-state index contributed by atoms with van der Waals surface area (Å²) < 4.78 is 11.3. The lowest BCUT2D eigenvalue weighted by molar-refractivity contribution is 0.298. The molecule has 1 unspecified atom stereocenters. The summed E-state index contributed by atoms with van der Waals surface area (Å²) in [5.41, 5.74) is 0. The molecule has 0 saturated heterocycles. The first-order chi connectivity index (χ1) is 10.3. The van der Waals surface area contributed by atoms with Gasteiger partial charge in [-0.2, -0.15) is 0 Å². The van der Waals surface area contributed by atoms with Crippen LogP contribution in [-0.4, -0.2) is 23.3 Å². The van der Waals surface area contributed by atoms with Crippen molar-refractivity contribution in [3.05, 3.63) is 42.1 Å². The Labute approximate surface area is 125 Å². The molecule has 0 amide bonds. The van der Waals surface area contributed by atoms with Gasteiger partial charge in [-0.3, -0.25) is 0 Å². The monoisotopic (exact) mass is 289 g/mol. The van der Waals surface area contributed by atoms with Crippen molar-refractivity contribution < 1.29 is 9.15 Å². The number of hydrogen-bond donors (Lipinski definition) is 1. The largest absolute Gasteiger partial charge is 0.493 e. The van der Waals surface area contributed by atoms with Crippen LogP contribution in [0.15, 0.2) is 34.7 Å². The summed E-state index contributed by atoms with van der Waals surface area (Å²) in [6.07, 6.45) is 2.64. The van der Waals surface area contributed by atoms with Crippen molar-refractivity contribution in [1.82, 2.24) is 15.5 Å². The summed E-state index contributed by atoms with van der Waals surface area (Å²) in [5, 5.41) is 11.6. The van der Waals surface area contributed by atoms with E-state index in [2.05, 4.69) is 29.4 Å². The molecule has 1 atom stereocenters. The number of ether oxygens (including phenoxy) is 1. The van der Waals surface area contributed by atoms with Crippen LogP contribution in [0.3, 0.4) is 0 Å². The summed E-state index contributed by atoms with van der Waals surface area (Å²) in [6.45, 7) is 5.73. The Morgan fingerprint density at radius 1 is 1.19 bits per heavy atom. The van der Waals surface area contributed by atoms with Crippen LogP contribution in [-0.2, 0) is 6.42 Å². The zero-order valence-corrected chi connectivity index (χ0v) is 12.7. The topological polar surface area (TPSA) is 60.2 Å². The highest BCUT2D eigenvalue weighted by molar-refractivity contribution is 5.20. The highest BCUT2D eigenvalue weighted by atomic mass is 16.5. The van der Waals surface area contributed by atoms with Crippen molar-refractivity contribution >= 4 is 0 Å². The van der Waals surface area contributed by atoms with Gasteiger partial charge >= 0.3 is 0 Å². The molecule has 0 radical (unpaired) electrons. The molecule has 0 saturated carbocycles. The first-order valence-corrected chi connectivity index (χ1v) is 7.57. The van der Waals surface area contributed by atoms with E-state index in [1.165, 1.54) is 0 Å². The maximum Gasteiger partial charge on any atom is 0.233 e. The predicted octanol–water partition coefficient (Wildman–Crippen LogP) is 3.14. The van der Waals surface area contributed by atoms with Crippen LogP contribution in [0, 0.1) is 0 Å². The summed E-state index contributed by atoms with van der Waals surface area (Å²) in [4.78, 5) is 0. The van der Waals surface area contributed by atoms with Gasteiger partial charge in [-0.05, 0) is 31.5 Å². The number of nitrogens with zero attached hydrogens (tertiary/aromatic N) is 2. The minimum Gasteiger partial charge on any atom is -0.493 e. The quantitative estimate of drug-likeness (QED) is 0.768. The molecule has 1 heterocycles. The van der Waals surface area contributed by atoms with Crippen LogP contribution in [0.5, 0.6) is 5.75 Å². The molecule has 5 heteroatoms. The fourth-order valence-electron chi connectivity index (χ4n) is 2.01. The number of hydrogen-bond acceptors (Lipinski definition) is 5. The van der Waals surface area contributed by atoms with Crippen molar-refractivity contribution in [2.75, 3.05) is 13.2 Å². The minimum atomic E-state index is 0.140. The number of nitrogens with one attached hydrogen (secondary N) is 1. The van der Waals surface area contributed by atoms with E-state index in [4.69, 9.17) is 9.15 Å². The minimum absolute atomic E-state index is 0.140. The Morgan fingerprint density at radius 2 is 2.00 bits per heavy atom. The lowest BCUT2D eigenvalue weighted by Crippen LogP contribution is -2.21. The van der Waals surface area contributed by atoms with Crippen LogP contribution in [0.2, 0.25) is 0 Å². The number of rotatable bonds is 9. The molecule has 0 aliphatic carbocycles. The van der Waals surface area contributed by atoms with Crippen molar-refractivity contribution in [3.63, 3.8) is 0 Å². The average molecular weight is 289 g/mol. The van der Waals surface area contributed by atoms with E-state index >= 15 is 0 Å². The van der Waals surface area contributed by atoms with E-state index < -0.39 is 0 Å². The maximum absolute atomic E-state index is 5.71. The highest BCUT2D eigenvalue weighted by Gasteiger charge is 2.15. The predicted molar refractivity (Wildman–Crippen MR) is 81.3 cm³/mol. The van der Waals surface area contributed by atoms with E-state index in [1.807, 2.05) is 30.3 Å². The van der Waals surface area contributed by atoms with Crippen molar-refractivity contribution in [2.45, 2.75) is 39.2 Å². The van der Waals surface area contributed by atoms with Crippen LogP contribution in [0.25, 0.3) is 0 Å². The van der Waals surface area contributed by atoms with Crippen LogP contribution in [0.1, 0.15) is 44.5 Å². The Morgan fingerprint density at radius 3 is 2.71 bits per heavy atom. The molecule has 0 fully saturated rings. The normalized spacial score (nSPS) is 12.3. The SMILES string of the molecule is CCCNC(CC)c1nnc(CCOc2ccccc2)o1. The smallest absolute Gasteiger partial charge is 0.233 e. The summed E-state index contributed by atoms with van der Waals surface area (Å²) in [6, 6.07) is 9.87. The van der Waals surface area contributed by atoms with Crippen molar-refractivity contribution in [3.8, 4) is 5.75 Å². The van der Waals surface area contributed by atoms with Crippen molar-refractivity contribution in [2.24, 2.45) is 0 Å². The van der Waals surface area contributed by atoms with E-state index in [-0.39, 0.29) is 6.04 Å². The van der Waals surface area contributed by atoms with Crippen LogP contribution < -0.4 is 10.1 Å².